The Hall–Kier alpha value is -0.830. The van der Waals surface area contributed by atoms with Crippen molar-refractivity contribution in [3.63, 3.8) is 0 Å². The van der Waals surface area contributed by atoms with Crippen molar-refractivity contribution in [2.45, 2.75) is 6.54 Å². The molecule has 1 aromatic heterocycles. The first-order chi connectivity index (χ1) is 4.86. The number of aldehydes is 1. The van der Waals surface area contributed by atoms with Crippen LogP contribution in [-0.2, 0) is 6.54 Å². The molecule has 0 aliphatic rings. The molecule has 0 aliphatic carbocycles. The van der Waals surface area contributed by atoms with E-state index in [0.29, 0.717) is 18.0 Å². The van der Waals surface area contributed by atoms with Gasteiger partial charge in [-0.1, -0.05) is 0 Å². The molecule has 0 aromatic carbocycles. The van der Waals surface area contributed by atoms with Crippen molar-refractivity contribution in [1.29, 1.82) is 0 Å². The molecule has 1 heterocycles. The van der Waals surface area contributed by atoms with Crippen molar-refractivity contribution in [3.8, 4) is 0 Å². The number of carbonyl (C=O) groups is 1. The summed E-state index contributed by atoms with van der Waals surface area (Å²) in [7, 11) is 0. The van der Waals surface area contributed by atoms with Crippen LogP contribution >= 0.6 is 11.6 Å². The van der Waals surface area contributed by atoms with Gasteiger partial charge >= 0.3 is 0 Å². The number of hydrogen-bond donors (Lipinski definition) is 0. The first kappa shape index (κ1) is 7.28. The Bertz CT molecular complexity index is 221. The number of hydrogen-bond acceptors (Lipinski definition) is 2. The van der Waals surface area contributed by atoms with Crippen molar-refractivity contribution in [1.82, 2.24) is 9.78 Å². The summed E-state index contributed by atoms with van der Waals surface area (Å²) in [4.78, 5) is 10.1. The maximum absolute atomic E-state index is 10.1. The van der Waals surface area contributed by atoms with E-state index in [-0.39, 0.29) is 0 Å². The van der Waals surface area contributed by atoms with Crippen molar-refractivity contribution in [3.05, 3.63) is 18.0 Å². The third-order valence-electron chi connectivity index (χ3n) is 1.10. The lowest BCUT2D eigenvalue weighted by molar-refractivity contribution is 0.112. The molecule has 1 rings (SSSR count). The molecule has 0 spiro atoms. The molecule has 10 heavy (non-hydrogen) atoms. The third-order valence-corrected chi connectivity index (χ3v) is 1.27. The first-order valence-electron chi connectivity index (χ1n) is 2.90. The molecule has 0 atom stereocenters. The summed E-state index contributed by atoms with van der Waals surface area (Å²) in [6, 6.07) is 0. The molecular weight excluding hydrogens is 152 g/mol. The van der Waals surface area contributed by atoms with Crippen LogP contribution in [0.3, 0.4) is 0 Å². The van der Waals surface area contributed by atoms with Gasteiger partial charge in [-0.3, -0.25) is 9.48 Å². The number of aromatic nitrogens is 2. The highest BCUT2D eigenvalue weighted by atomic mass is 35.5. The van der Waals surface area contributed by atoms with Gasteiger partial charge in [0.15, 0.2) is 6.29 Å². The van der Waals surface area contributed by atoms with Crippen molar-refractivity contribution in [2.75, 3.05) is 5.88 Å². The molecule has 3 nitrogen and oxygen atoms in total. The minimum Gasteiger partial charge on any atom is -0.298 e. The van der Waals surface area contributed by atoms with E-state index in [1.165, 1.54) is 6.20 Å². The number of rotatable bonds is 3. The molecule has 0 unspecified atom stereocenters. The quantitative estimate of drug-likeness (QED) is 0.485. The molecule has 0 radical (unpaired) electrons. The summed E-state index contributed by atoms with van der Waals surface area (Å²) in [5.41, 5.74) is 0.588. The highest BCUT2D eigenvalue weighted by Gasteiger charge is 1.93. The maximum atomic E-state index is 10.1. The lowest BCUT2D eigenvalue weighted by Crippen LogP contribution is -1.98. The zero-order chi connectivity index (χ0) is 7.40. The summed E-state index contributed by atoms with van der Waals surface area (Å²) in [6.07, 6.45) is 3.94. The second-order valence-electron chi connectivity index (χ2n) is 1.84. The molecule has 0 bridgehead atoms. The molecule has 1 aromatic rings. The number of halogens is 1. The van der Waals surface area contributed by atoms with Crippen LogP contribution in [0.4, 0.5) is 0 Å². The Morgan fingerprint density at radius 3 is 3.10 bits per heavy atom. The predicted octanol–water partition coefficient (Wildman–Crippen LogP) is 0.934. The Morgan fingerprint density at radius 2 is 2.60 bits per heavy atom. The maximum Gasteiger partial charge on any atom is 0.153 e. The predicted molar refractivity (Wildman–Crippen MR) is 38.3 cm³/mol. The fraction of sp³-hybridized carbons (Fsp3) is 0.333. The summed E-state index contributed by atoms with van der Waals surface area (Å²) in [5.74, 6) is 0.514. The largest absolute Gasteiger partial charge is 0.298 e. The summed E-state index contributed by atoms with van der Waals surface area (Å²) in [5, 5.41) is 3.88. The lowest BCUT2D eigenvalue weighted by Gasteiger charge is -1.92. The number of carbonyl (C=O) groups excluding carboxylic acids is 1. The Kier molecular flexibility index (Phi) is 2.45. The Morgan fingerprint density at radius 1 is 1.80 bits per heavy atom. The van der Waals surface area contributed by atoms with Crippen LogP contribution in [0.2, 0.25) is 0 Å². The van der Waals surface area contributed by atoms with Crippen LogP contribution in [0, 0.1) is 0 Å². The van der Waals surface area contributed by atoms with Gasteiger partial charge in [0.05, 0.1) is 18.3 Å². The van der Waals surface area contributed by atoms with E-state index in [1.54, 1.807) is 10.9 Å². The molecule has 0 N–H and O–H groups in total. The van der Waals surface area contributed by atoms with Gasteiger partial charge in [0.2, 0.25) is 0 Å². The van der Waals surface area contributed by atoms with Gasteiger partial charge in [0, 0.05) is 12.1 Å². The SMILES string of the molecule is O=Cc1cnn(CCCl)c1. The molecular formula is C6H7ClN2O. The minimum atomic E-state index is 0.514. The van der Waals surface area contributed by atoms with Gasteiger partial charge in [-0.25, -0.2) is 0 Å². The average Bonchev–Trinajstić information content (AvgIpc) is 2.37. The van der Waals surface area contributed by atoms with Gasteiger partial charge in [0.25, 0.3) is 0 Å². The molecule has 54 valence electrons. The first-order valence-corrected chi connectivity index (χ1v) is 3.44. The standard InChI is InChI=1S/C6H7ClN2O/c7-1-2-9-4-6(5-10)3-8-9/h3-5H,1-2H2. The number of alkyl halides is 1. The number of nitrogens with zero attached hydrogens (tertiary/aromatic N) is 2. The highest BCUT2D eigenvalue weighted by Crippen LogP contribution is 1.93. The van der Waals surface area contributed by atoms with Crippen LogP contribution < -0.4 is 0 Å². The van der Waals surface area contributed by atoms with E-state index >= 15 is 0 Å². The fourth-order valence-corrected chi connectivity index (χ4v) is 0.822. The van der Waals surface area contributed by atoms with Crippen LogP contribution in [0.15, 0.2) is 12.4 Å². The van der Waals surface area contributed by atoms with E-state index in [0.717, 1.165) is 6.29 Å². The highest BCUT2D eigenvalue weighted by molar-refractivity contribution is 6.17. The second kappa shape index (κ2) is 3.37. The molecule has 0 fully saturated rings. The smallest absolute Gasteiger partial charge is 0.153 e. The van der Waals surface area contributed by atoms with E-state index in [1.807, 2.05) is 0 Å². The molecule has 0 saturated carbocycles. The van der Waals surface area contributed by atoms with Gasteiger partial charge in [-0.2, -0.15) is 5.10 Å². The zero-order valence-corrected chi connectivity index (χ0v) is 6.08. The van der Waals surface area contributed by atoms with E-state index in [4.69, 9.17) is 11.6 Å². The van der Waals surface area contributed by atoms with Crippen molar-refractivity contribution in [2.24, 2.45) is 0 Å². The van der Waals surface area contributed by atoms with E-state index in [9.17, 15) is 4.79 Å². The number of aryl methyl sites for hydroxylation is 1. The van der Waals surface area contributed by atoms with Gasteiger partial charge in [0.1, 0.15) is 0 Å². The molecule has 0 saturated heterocycles. The Balaban J connectivity index is 2.68. The molecule has 0 amide bonds. The van der Waals surface area contributed by atoms with E-state index in [2.05, 4.69) is 5.10 Å². The summed E-state index contributed by atoms with van der Waals surface area (Å²) in [6.45, 7) is 0.648. The van der Waals surface area contributed by atoms with Crippen molar-refractivity contribution < 1.29 is 4.79 Å². The van der Waals surface area contributed by atoms with Gasteiger partial charge in [-0.05, 0) is 0 Å². The fourth-order valence-electron chi connectivity index (χ4n) is 0.649. The Labute approximate surface area is 63.6 Å². The summed E-state index contributed by atoms with van der Waals surface area (Å²) < 4.78 is 1.64. The second-order valence-corrected chi connectivity index (χ2v) is 2.22. The van der Waals surface area contributed by atoms with Gasteiger partial charge < -0.3 is 0 Å². The average molecular weight is 159 g/mol. The van der Waals surface area contributed by atoms with Crippen LogP contribution in [0.1, 0.15) is 10.4 Å². The third kappa shape index (κ3) is 1.57. The topological polar surface area (TPSA) is 34.9 Å². The minimum absolute atomic E-state index is 0.514. The lowest BCUT2D eigenvalue weighted by atomic mass is 10.4. The van der Waals surface area contributed by atoms with Crippen LogP contribution in [0.25, 0.3) is 0 Å². The van der Waals surface area contributed by atoms with Crippen LogP contribution in [0.5, 0.6) is 0 Å². The van der Waals surface area contributed by atoms with Crippen LogP contribution in [-0.4, -0.2) is 21.9 Å². The van der Waals surface area contributed by atoms with E-state index < -0.39 is 0 Å². The van der Waals surface area contributed by atoms with Gasteiger partial charge in [-0.15, -0.1) is 11.6 Å². The summed E-state index contributed by atoms with van der Waals surface area (Å²) >= 11 is 5.44. The molecule has 0 aliphatic heterocycles. The molecule has 4 heteroatoms. The van der Waals surface area contributed by atoms with Crippen molar-refractivity contribution >= 4 is 17.9 Å². The normalized spacial score (nSPS) is 9.70. The zero-order valence-electron chi connectivity index (χ0n) is 5.33. The monoisotopic (exact) mass is 158 g/mol.